The number of hydrogen-bond acceptors (Lipinski definition) is 2. The minimum atomic E-state index is -0.387. The number of ether oxygens (including phenoxy) is 1. The molecule has 0 saturated carbocycles. The van der Waals surface area contributed by atoms with Crippen molar-refractivity contribution in [2.45, 2.75) is 19.4 Å². The molecule has 0 aromatic carbocycles. The van der Waals surface area contributed by atoms with Gasteiger partial charge in [0, 0.05) is 0 Å². The van der Waals surface area contributed by atoms with Crippen LogP contribution in [0.2, 0.25) is 0 Å². The molecule has 1 unspecified atom stereocenters. The largest absolute Gasteiger partial charge is 1.00 e. The summed E-state index contributed by atoms with van der Waals surface area (Å²) in [4.78, 5) is 0. The molecule has 0 aliphatic carbocycles. The number of nitrogens with zero attached hydrogens (tertiary/aromatic N) is 1. The van der Waals surface area contributed by atoms with Crippen LogP contribution in [0.25, 0.3) is 0 Å². The Balaban J connectivity index is 0. The molecule has 0 radical (unpaired) electrons. The predicted octanol–water partition coefficient (Wildman–Crippen LogP) is -2.00. The third kappa shape index (κ3) is 11.8. The first-order valence-corrected chi connectivity index (χ1v) is 4.71. The molecule has 1 N–H and O–H groups in total. The van der Waals surface area contributed by atoms with Gasteiger partial charge in [-0.2, -0.15) is 0 Å². The quantitative estimate of drug-likeness (QED) is 0.417. The van der Waals surface area contributed by atoms with E-state index >= 15 is 0 Å². The Kier molecular flexibility index (Phi) is 9.36. The predicted molar refractivity (Wildman–Crippen MR) is 54.3 cm³/mol. The second-order valence-corrected chi connectivity index (χ2v) is 4.24. The van der Waals surface area contributed by atoms with E-state index in [-0.39, 0.29) is 18.5 Å². The van der Waals surface area contributed by atoms with Crippen LogP contribution >= 0.6 is 0 Å². The molecule has 0 spiro atoms. The molecular formula is C10H22ClNO2. The highest BCUT2D eigenvalue weighted by atomic mass is 35.5. The van der Waals surface area contributed by atoms with E-state index in [1.54, 1.807) is 6.26 Å². The molecule has 0 aliphatic rings. The van der Waals surface area contributed by atoms with E-state index in [1.807, 2.05) is 34.1 Å². The van der Waals surface area contributed by atoms with Gasteiger partial charge in [0.25, 0.3) is 0 Å². The topological polar surface area (TPSA) is 29.5 Å². The molecule has 1 atom stereocenters. The lowest BCUT2D eigenvalue weighted by molar-refractivity contribution is -0.873. The summed E-state index contributed by atoms with van der Waals surface area (Å²) in [6.45, 7) is 3.13. The fourth-order valence-electron chi connectivity index (χ4n) is 1.02. The summed E-state index contributed by atoms with van der Waals surface area (Å²) in [5.41, 5.74) is 0. The molecule has 3 nitrogen and oxygen atoms in total. The van der Waals surface area contributed by atoms with Crippen molar-refractivity contribution in [3.63, 3.8) is 0 Å². The van der Waals surface area contributed by atoms with Crippen LogP contribution in [-0.2, 0) is 4.74 Å². The molecule has 4 heteroatoms. The van der Waals surface area contributed by atoms with Crippen LogP contribution in [0.5, 0.6) is 0 Å². The molecule has 0 rings (SSSR count). The van der Waals surface area contributed by atoms with Gasteiger partial charge in [-0.05, 0) is 6.42 Å². The normalized spacial score (nSPS) is 13.8. The standard InChI is InChI=1S/C10H22NO2.ClH/c1-5-6-7-13-9-10(12)8-11(2,3)4;/h6-7,10,12H,5,8-9H2,1-4H3;1H/q+1;/p-1. The molecule has 0 aliphatic heterocycles. The summed E-state index contributed by atoms with van der Waals surface area (Å²) in [5, 5.41) is 9.51. The monoisotopic (exact) mass is 223 g/mol. The zero-order valence-electron chi connectivity index (χ0n) is 9.53. The molecule has 0 amide bonds. The van der Waals surface area contributed by atoms with Crippen molar-refractivity contribution in [3.05, 3.63) is 12.3 Å². The summed E-state index contributed by atoms with van der Waals surface area (Å²) in [7, 11) is 6.14. The van der Waals surface area contributed by atoms with Crippen molar-refractivity contribution >= 4 is 0 Å². The lowest BCUT2D eigenvalue weighted by atomic mass is 10.3. The molecule has 0 fully saturated rings. The van der Waals surface area contributed by atoms with E-state index in [9.17, 15) is 5.11 Å². The number of aliphatic hydroxyl groups is 1. The number of halogens is 1. The van der Waals surface area contributed by atoms with Crippen LogP contribution < -0.4 is 12.4 Å². The van der Waals surface area contributed by atoms with Crippen LogP contribution in [-0.4, -0.2) is 50.0 Å². The molecule has 0 aromatic rings. The first kappa shape index (κ1) is 16.2. The van der Waals surface area contributed by atoms with Crippen molar-refractivity contribution in [3.8, 4) is 0 Å². The van der Waals surface area contributed by atoms with Crippen LogP contribution in [0, 0.1) is 0 Å². The van der Waals surface area contributed by atoms with Crippen molar-refractivity contribution in [2.24, 2.45) is 0 Å². The second kappa shape index (κ2) is 8.09. The van der Waals surface area contributed by atoms with Gasteiger partial charge < -0.3 is 26.7 Å². The molecule has 86 valence electrons. The molecule has 0 heterocycles. The Morgan fingerprint density at radius 2 is 1.93 bits per heavy atom. The fourth-order valence-corrected chi connectivity index (χ4v) is 1.02. The van der Waals surface area contributed by atoms with Gasteiger partial charge in [-0.3, -0.25) is 0 Å². The number of likely N-dealkylation sites (N-methyl/N-ethyl adjacent to an activating group) is 1. The van der Waals surface area contributed by atoms with E-state index in [1.165, 1.54) is 0 Å². The minimum absolute atomic E-state index is 0. The third-order valence-electron chi connectivity index (χ3n) is 1.48. The van der Waals surface area contributed by atoms with Gasteiger partial charge in [0.15, 0.2) is 0 Å². The van der Waals surface area contributed by atoms with E-state index in [0.717, 1.165) is 10.9 Å². The Bertz CT molecular complexity index is 155. The molecule has 14 heavy (non-hydrogen) atoms. The van der Waals surface area contributed by atoms with Crippen molar-refractivity contribution in [1.82, 2.24) is 0 Å². The summed E-state index contributed by atoms with van der Waals surface area (Å²) in [5.74, 6) is 0. The molecule has 0 aromatic heterocycles. The smallest absolute Gasteiger partial charge is 0.137 e. The maximum Gasteiger partial charge on any atom is 0.137 e. The van der Waals surface area contributed by atoms with Crippen molar-refractivity contribution in [2.75, 3.05) is 34.3 Å². The zero-order chi connectivity index (χ0) is 10.3. The molecule has 0 bridgehead atoms. The lowest BCUT2D eigenvalue weighted by Crippen LogP contribution is -3.00. The van der Waals surface area contributed by atoms with Gasteiger partial charge in [0.05, 0.1) is 27.4 Å². The Hall–Kier alpha value is -0.250. The summed E-state index contributed by atoms with van der Waals surface area (Å²) < 4.78 is 5.89. The number of quaternary nitrogens is 1. The number of allylic oxidation sites excluding steroid dienone is 1. The minimum Gasteiger partial charge on any atom is -1.00 e. The highest BCUT2D eigenvalue weighted by Crippen LogP contribution is 1.96. The number of hydrogen-bond donors (Lipinski definition) is 1. The Morgan fingerprint density at radius 3 is 2.36 bits per heavy atom. The van der Waals surface area contributed by atoms with Gasteiger partial charge in [-0.25, -0.2) is 0 Å². The SMILES string of the molecule is CCC=COCC(O)C[N+](C)(C)C.[Cl-]. The van der Waals surface area contributed by atoms with E-state index in [0.29, 0.717) is 13.2 Å². The third-order valence-corrected chi connectivity index (χ3v) is 1.48. The van der Waals surface area contributed by atoms with Crippen LogP contribution in [0.4, 0.5) is 0 Å². The lowest BCUT2D eigenvalue weighted by Gasteiger charge is -2.26. The average molecular weight is 224 g/mol. The highest BCUT2D eigenvalue weighted by Gasteiger charge is 2.14. The van der Waals surface area contributed by atoms with Crippen LogP contribution in [0.1, 0.15) is 13.3 Å². The van der Waals surface area contributed by atoms with Gasteiger partial charge in [0.1, 0.15) is 19.3 Å². The van der Waals surface area contributed by atoms with Gasteiger partial charge in [-0.1, -0.05) is 13.0 Å². The van der Waals surface area contributed by atoms with Gasteiger partial charge in [-0.15, -0.1) is 0 Å². The molecule has 0 saturated heterocycles. The van der Waals surface area contributed by atoms with Gasteiger partial charge in [0.2, 0.25) is 0 Å². The maximum absolute atomic E-state index is 9.51. The summed E-state index contributed by atoms with van der Waals surface area (Å²) >= 11 is 0. The van der Waals surface area contributed by atoms with Gasteiger partial charge >= 0.3 is 0 Å². The fraction of sp³-hybridized carbons (Fsp3) is 0.800. The van der Waals surface area contributed by atoms with Crippen LogP contribution in [0.3, 0.4) is 0 Å². The summed E-state index contributed by atoms with van der Waals surface area (Å²) in [6, 6.07) is 0. The van der Waals surface area contributed by atoms with Crippen LogP contribution in [0.15, 0.2) is 12.3 Å². The Labute approximate surface area is 93.4 Å². The van der Waals surface area contributed by atoms with Crippen molar-refractivity contribution in [1.29, 1.82) is 0 Å². The highest BCUT2D eigenvalue weighted by molar-refractivity contribution is 4.71. The average Bonchev–Trinajstić information content (AvgIpc) is 1.94. The second-order valence-electron chi connectivity index (χ2n) is 4.24. The summed E-state index contributed by atoms with van der Waals surface area (Å²) in [6.07, 6.45) is 4.16. The van der Waals surface area contributed by atoms with E-state index < -0.39 is 0 Å². The first-order chi connectivity index (χ1) is 5.95. The van der Waals surface area contributed by atoms with E-state index in [4.69, 9.17) is 4.74 Å². The number of rotatable bonds is 6. The van der Waals surface area contributed by atoms with E-state index in [2.05, 4.69) is 0 Å². The van der Waals surface area contributed by atoms with Crippen molar-refractivity contribution < 1.29 is 26.7 Å². The maximum atomic E-state index is 9.51. The zero-order valence-corrected chi connectivity index (χ0v) is 10.3. The Morgan fingerprint density at radius 1 is 1.36 bits per heavy atom. The first-order valence-electron chi connectivity index (χ1n) is 4.71. The molecular weight excluding hydrogens is 202 g/mol. The number of aliphatic hydroxyl groups excluding tert-OH is 1.